The molecule has 96 valence electrons. The van der Waals surface area contributed by atoms with Gasteiger partial charge in [0.1, 0.15) is 0 Å². The Morgan fingerprint density at radius 3 is 1.95 bits per heavy atom. The Morgan fingerprint density at radius 2 is 1.15 bits per heavy atom. The molecule has 0 bridgehead atoms. The molecule has 0 N–H and O–H groups in total. The van der Waals surface area contributed by atoms with E-state index in [-0.39, 0.29) is 0 Å². The van der Waals surface area contributed by atoms with Crippen molar-refractivity contribution in [2.75, 3.05) is 0 Å². The summed E-state index contributed by atoms with van der Waals surface area (Å²) in [6.45, 7) is 0. The van der Waals surface area contributed by atoms with Crippen molar-refractivity contribution in [2.24, 2.45) is 0 Å². The second-order valence-electron chi connectivity index (χ2n) is 4.74. The maximum atomic E-state index is 2.21. The first-order valence-corrected chi connectivity index (χ1v) is 6.80. The first-order valence-electron chi connectivity index (χ1n) is 6.80. The van der Waals surface area contributed by atoms with Crippen molar-refractivity contribution in [1.29, 1.82) is 0 Å². The molecule has 0 aliphatic carbocycles. The van der Waals surface area contributed by atoms with Crippen LogP contribution in [0.1, 0.15) is 11.1 Å². The zero-order valence-electron chi connectivity index (χ0n) is 11.2. The van der Waals surface area contributed by atoms with Crippen LogP contribution in [0.4, 0.5) is 0 Å². The van der Waals surface area contributed by atoms with Gasteiger partial charge in [-0.1, -0.05) is 91.0 Å². The van der Waals surface area contributed by atoms with Crippen molar-refractivity contribution in [3.8, 4) is 0 Å². The van der Waals surface area contributed by atoms with Crippen LogP contribution in [0.25, 0.3) is 22.9 Å². The molecular formula is C20H16. The number of fused-ring (bicyclic) bond motifs is 1. The molecule has 0 aliphatic rings. The molecular weight excluding hydrogens is 240 g/mol. The first-order chi connectivity index (χ1) is 9.92. The molecule has 3 rings (SSSR count). The van der Waals surface area contributed by atoms with Gasteiger partial charge in [0.2, 0.25) is 0 Å². The van der Waals surface area contributed by atoms with E-state index in [1.54, 1.807) is 0 Å². The number of allylic oxidation sites excluding steroid dienone is 2. The van der Waals surface area contributed by atoms with Gasteiger partial charge in [-0.15, -0.1) is 0 Å². The highest BCUT2D eigenvalue weighted by atomic mass is 14.0. The topological polar surface area (TPSA) is 0 Å². The lowest BCUT2D eigenvalue weighted by molar-refractivity contribution is 1.66. The van der Waals surface area contributed by atoms with E-state index in [1.165, 1.54) is 21.9 Å². The van der Waals surface area contributed by atoms with E-state index in [4.69, 9.17) is 0 Å². The first kappa shape index (κ1) is 12.4. The molecule has 3 aromatic rings. The molecule has 0 unspecified atom stereocenters. The summed E-state index contributed by atoms with van der Waals surface area (Å²) in [7, 11) is 0. The van der Waals surface area contributed by atoms with Gasteiger partial charge in [0, 0.05) is 0 Å². The quantitative estimate of drug-likeness (QED) is 0.538. The molecule has 0 fully saturated rings. The van der Waals surface area contributed by atoms with Crippen molar-refractivity contribution in [1.82, 2.24) is 0 Å². The van der Waals surface area contributed by atoms with Crippen LogP contribution in [0.2, 0.25) is 0 Å². The van der Waals surface area contributed by atoms with Crippen molar-refractivity contribution in [2.45, 2.75) is 0 Å². The third-order valence-electron chi connectivity index (χ3n) is 3.26. The van der Waals surface area contributed by atoms with E-state index in [1.807, 2.05) is 18.2 Å². The van der Waals surface area contributed by atoms with Crippen molar-refractivity contribution in [3.05, 3.63) is 96.1 Å². The Labute approximate surface area is 119 Å². The lowest BCUT2D eigenvalue weighted by atomic mass is 10.1. The number of benzene rings is 3. The van der Waals surface area contributed by atoms with E-state index in [0.717, 1.165) is 0 Å². The highest BCUT2D eigenvalue weighted by Gasteiger charge is 1.91. The average molecular weight is 256 g/mol. The standard InChI is InChI=1S/C20H16/c1-2-8-17(9-3-1)10-4-5-11-18-14-15-19-12-6-7-13-20(19)16-18/h1-16H/b10-4+,11-5+. The highest BCUT2D eigenvalue weighted by Crippen LogP contribution is 2.16. The largest absolute Gasteiger partial charge is 0.0622 e. The fourth-order valence-corrected chi connectivity index (χ4v) is 2.21. The molecule has 20 heavy (non-hydrogen) atoms. The minimum absolute atomic E-state index is 1.22. The van der Waals surface area contributed by atoms with Crippen LogP contribution in [-0.2, 0) is 0 Å². The molecule has 0 amide bonds. The van der Waals surface area contributed by atoms with Crippen molar-refractivity contribution < 1.29 is 0 Å². The van der Waals surface area contributed by atoms with Gasteiger partial charge in [-0.3, -0.25) is 0 Å². The minimum atomic E-state index is 1.22. The summed E-state index contributed by atoms with van der Waals surface area (Å²) < 4.78 is 0. The Bertz CT molecular complexity index is 749. The predicted molar refractivity (Wildman–Crippen MR) is 88.5 cm³/mol. The third-order valence-corrected chi connectivity index (χ3v) is 3.26. The van der Waals surface area contributed by atoms with Crippen LogP contribution >= 0.6 is 0 Å². The van der Waals surface area contributed by atoms with Crippen molar-refractivity contribution in [3.63, 3.8) is 0 Å². The molecule has 0 heterocycles. The minimum Gasteiger partial charge on any atom is -0.0622 e. The number of hydrogen-bond acceptors (Lipinski definition) is 0. The number of rotatable bonds is 3. The molecule has 3 aromatic carbocycles. The maximum Gasteiger partial charge on any atom is -0.0178 e. The van der Waals surface area contributed by atoms with E-state index < -0.39 is 0 Å². The highest BCUT2D eigenvalue weighted by molar-refractivity contribution is 5.84. The normalized spacial score (nSPS) is 11.6. The molecule has 0 aliphatic heterocycles. The second-order valence-corrected chi connectivity index (χ2v) is 4.74. The summed E-state index contributed by atoms with van der Waals surface area (Å²) in [5.74, 6) is 0. The molecule has 0 atom stereocenters. The summed E-state index contributed by atoms with van der Waals surface area (Å²) in [5.41, 5.74) is 2.44. The molecule has 0 aromatic heterocycles. The van der Waals surface area contributed by atoms with Crippen LogP contribution in [0.3, 0.4) is 0 Å². The summed E-state index contributed by atoms with van der Waals surface area (Å²) in [5, 5.41) is 2.56. The van der Waals surface area contributed by atoms with Crippen LogP contribution in [-0.4, -0.2) is 0 Å². The molecule has 0 radical (unpaired) electrons. The van der Waals surface area contributed by atoms with Gasteiger partial charge in [-0.25, -0.2) is 0 Å². The predicted octanol–water partition coefficient (Wildman–Crippen LogP) is 5.57. The summed E-state index contributed by atoms with van der Waals surface area (Å²) in [4.78, 5) is 0. The fraction of sp³-hybridized carbons (Fsp3) is 0. The van der Waals surface area contributed by atoms with Gasteiger partial charge in [-0.05, 0) is 28.0 Å². The molecule has 0 spiro atoms. The van der Waals surface area contributed by atoms with Crippen LogP contribution in [0.15, 0.2) is 84.9 Å². The Hall–Kier alpha value is -2.60. The van der Waals surface area contributed by atoms with E-state index >= 15 is 0 Å². The maximum absolute atomic E-state index is 2.21. The van der Waals surface area contributed by atoms with Gasteiger partial charge >= 0.3 is 0 Å². The Kier molecular flexibility index (Phi) is 3.75. The lowest BCUT2D eigenvalue weighted by Crippen LogP contribution is -1.74. The molecule has 0 saturated carbocycles. The van der Waals surface area contributed by atoms with Gasteiger partial charge in [0.25, 0.3) is 0 Å². The molecule has 0 saturated heterocycles. The zero-order valence-corrected chi connectivity index (χ0v) is 11.2. The second kappa shape index (κ2) is 6.03. The third kappa shape index (κ3) is 3.04. The Balaban J connectivity index is 1.76. The smallest absolute Gasteiger partial charge is 0.0178 e. The summed E-state index contributed by atoms with van der Waals surface area (Å²) >= 11 is 0. The molecule has 0 nitrogen and oxygen atoms in total. The van der Waals surface area contributed by atoms with Crippen LogP contribution in [0.5, 0.6) is 0 Å². The van der Waals surface area contributed by atoms with Crippen molar-refractivity contribution >= 4 is 22.9 Å². The van der Waals surface area contributed by atoms with Gasteiger partial charge < -0.3 is 0 Å². The fourth-order valence-electron chi connectivity index (χ4n) is 2.21. The van der Waals surface area contributed by atoms with Crippen LogP contribution in [0, 0.1) is 0 Å². The monoisotopic (exact) mass is 256 g/mol. The van der Waals surface area contributed by atoms with E-state index in [2.05, 4.69) is 78.9 Å². The summed E-state index contributed by atoms with van der Waals surface area (Å²) in [6.07, 6.45) is 8.39. The van der Waals surface area contributed by atoms with E-state index in [0.29, 0.717) is 0 Å². The van der Waals surface area contributed by atoms with Gasteiger partial charge in [0.15, 0.2) is 0 Å². The summed E-state index contributed by atoms with van der Waals surface area (Å²) in [6, 6.07) is 25.3. The van der Waals surface area contributed by atoms with Gasteiger partial charge in [-0.2, -0.15) is 0 Å². The van der Waals surface area contributed by atoms with Crippen LogP contribution < -0.4 is 0 Å². The lowest BCUT2D eigenvalue weighted by Gasteiger charge is -1.98. The average Bonchev–Trinajstić information content (AvgIpc) is 2.52. The SMILES string of the molecule is C(/C=C/c1ccc2ccccc2c1)=C\c1ccccc1. The molecule has 0 heteroatoms. The van der Waals surface area contributed by atoms with E-state index in [9.17, 15) is 0 Å². The Morgan fingerprint density at radius 1 is 0.500 bits per heavy atom. The van der Waals surface area contributed by atoms with Gasteiger partial charge in [0.05, 0.1) is 0 Å². The number of hydrogen-bond donors (Lipinski definition) is 0. The zero-order chi connectivity index (χ0) is 13.6.